The van der Waals surface area contributed by atoms with E-state index in [1.54, 1.807) is 6.92 Å². The molecule has 1 saturated carbocycles. The van der Waals surface area contributed by atoms with Gasteiger partial charge in [0, 0.05) is 17.1 Å². The monoisotopic (exact) mass is 333 g/mol. The molecule has 122 valence electrons. The highest BCUT2D eigenvalue weighted by molar-refractivity contribution is 7.21. The van der Waals surface area contributed by atoms with E-state index in [4.69, 9.17) is 10.5 Å². The molecular formula is C16H19N3O3S. The zero-order valence-corrected chi connectivity index (χ0v) is 14.1. The first-order valence-corrected chi connectivity index (χ1v) is 8.36. The summed E-state index contributed by atoms with van der Waals surface area (Å²) < 4.78 is 5.26. The maximum absolute atomic E-state index is 12.3. The Hall–Kier alpha value is -2.15. The first-order chi connectivity index (χ1) is 10.9. The number of nitrogens with zero attached hydrogens (tertiary/aromatic N) is 1. The number of ether oxygens (including phenoxy) is 1. The van der Waals surface area contributed by atoms with Gasteiger partial charge in [-0.1, -0.05) is 0 Å². The normalized spacial score (nSPS) is 15.4. The van der Waals surface area contributed by atoms with Gasteiger partial charge in [-0.15, -0.1) is 11.3 Å². The van der Waals surface area contributed by atoms with Crippen molar-refractivity contribution in [3.63, 3.8) is 0 Å². The lowest BCUT2D eigenvalue weighted by atomic mass is 10.1. The number of amides is 1. The van der Waals surface area contributed by atoms with E-state index in [0.29, 0.717) is 15.4 Å². The number of carbonyl (C=O) groups excluding carboxylic acids is 2. The Morgan fingerprint density at radius 3 is 2.78 bits per heavy atom. The van der Waals surface area contributed by atoms with Crippen molar-refractivity contribution in [3.05, 3.63) is 22.2 Å². The minimum atomic E-state index is -0.844. The lowest BCUT2D eigenvalue weighted by Gasteiger charge is -2.12. The summed E-state index contributed by atoms with van der Waals surface area (Å²) in [6.45, 7) is 5.39. The average Bonchev–Trinajstić information content (AvgIpc) is 3.20. The number of anilines is 1. The molecule has 1 atom stereocenters. The van der Waals surface area contributed by atoms with E-state index in [-0.39, 0.29) is 11.9 Å². The van der Waals surface area contributed by atoms with Crippen molar-refractivity contribution in [1.29, 1.82) is 0 Å². The van der Waals surface area contributed by atoms with Gasteiger partial charge in [0.25, 0.3) is 5.91 Å². The number of nitrogen functional groups attached to an aromatic ring is 1. The van der Waals surface area contributed by atoms with Crippen molar-refractivity contribution in [1.82, 2.24) is 10.3 Å². The van der Waals surface area contributed by atoms with Gasteiger partial charge in [-0.2, -0.15) is 0 Å². The van der Waals surface area contributed by atoms with E-state index < -0.39 is 12.1 Å². The number of fused-ring (bicyclic) bond motifs is 1. The van der Waals surface area contributed by atoms with Crippen LogP contribution in [-0.4, -0.2) is 29.0 Å². The summed E-state index contributed by atoms with van der Waals surface area (Å²) in [6.07, 6.45) is 1.13. The van der Waals surface area contributed by atoms with E-state index in [9.17, 15) is 9.59 Å². The van der Waals surface area contributed by atoms with Gasteiger partial charge in [0.1, 0.15) is 9.71 Å². The molecule has 23 heavy (non-hydrogen) atoms. The fourth-order valence-corrected chi connectivity index (χ4v) is 3.53. The van der Waals surface area contributed by atoms with Crippen LogP contribution in [0.4, 0.5) is 5.69 Å². The molecule has 0 saturated heterocycles. The van der Waals surface area contributed by atoms with Crippen molar-refractivity contribution in [2.45, 2.75) is 45.8 Å². The fraction of sp³-hybridized carbons (Fsp3) is 0.438. The summed E-state index contributed by atoms with van der Waals surface area (Å²) in [5.74, 6) is -0.855. The molecule has 2 heterocycles. The molecule has 3 N–H and O–H groups in total. The third-order valence-electron chi connectivity index (χ3n) is 3.79. The van der Waals surface area contributed by atoms with Gasteiger partial charge in [0.15, 0.2) is 6.10 Å². The Kier molecular flexibility index (Phi) is 3.97. The lowest BCUT2D eigenvalue weighted by molar-refractivity contribution is -0.129. The van der Waals surface area contributed by atoms with Gasteiger partial charge in [0.05, 0.1) is 5.69 Å². The van der Waals surface area contributed by atoms with Crippen LogP contribution in [0.2, 0.25) is 0 Å². The molecule has 0 bridgehead atoms. The van der Waals surface area contributed by atoms with Crippen LogP contribution in [0.5, 0.6) is 0 Å². The second-order valence-electron chi connectivity index (χ2n) is 5.94. The molecule has 1 amide bonds. The van der Waals surface area contributed by atoms with E-state index >= 15 is 0 Å². The van der Waals surface area contributed by atoms with Crippen LogP contribution in [0.25, 0.3) is 10.2 Å². The molecule has 1 aliphatic rings. The van der Waals surface area contributed by atoms with Gasteiger partial charge in [-0.3, -0.25) is 4.79 Å². The molecule has 2 aromatic heterocycles. The number of thiophene rings is 1. The number of carbonyl (C=O) groups is 2. The topological polar surface area (TPSA) is 94.3 Å². The predicted molar refractivity (Wildman–Crippen MR) is 89.5 cm³/mol. The Bertz CT molecular complexity index is 795. The SMILES string of the molecule is Cc1cc(C)c2c(N)c(C(=O)OC(C)C(=O)NC3CC3)sc2n1. The van der Waals surface area contributed by atoms with Gasteiger partial charge >= 0.3 is 5.97 Å². The summed E-state index contributed by atoms with van der Waals surface area (Å²) in [6, 6.07) is 2.15. The highest BCUT2D eigenvalue weighted by Crippen LogP contribution is 2.35. The third kappa shape index (κ3) is 3.14. The molecule has 0 spiro atoms. The Balaban J connectivity index is 1.81. The Morgan fingerprint density at radius 1 is 1.43 bits per heavy atom. The van der Waals surface area contributed by atoms with Crippen molar-refractivity contribution in [2.24, 2.45) is 0 Å². The molecule has 0 aliphatic heterocycles. The number of aryl methyl sites for hydroxylation is 2. The molecule has 6 nitrogen and oxygen atoms in total. The van der Waals surface area contributed by atoms with Crippen LogP contribution in [0, 0.1) is 13.8 Å². The quantitative estimate of drug-likeness (QED) is 0.837. The van der Waals surface area contributed by atoms with Crippen molar-refractivity contribution >= 4 is 39.1 Å². The summed E-state index contributed by atoms with van der Waals surface area (Å²) >= 11 is 1.20. The second kappa shape index (κ2) is 5.81. The zero-order chi connectivity index (χ0) is 16.7. The van der Waals surface area contributed by atoms with Crippen LogP contribution >= 0.6 is 11.3 Å². The molecule has 0 radical (unpaired) electrons. The van der Waals surface area contributed by atoms with E-state index in [1.165, 1.54) is 11.3 Å². The average molecular weight is 333 g/mol. The smallest absolute Gasteiger partial charge is 0.351 e. The third-order valence-corrected chi connectivity index (χ3v) is 4.87. The van der Waals surface area contributed by atoms with Gasteiger partial charge in [0.2, 0.25) is 0 Å². The van der Waals surface area contributed by atoms with Crippen LogP contribution in [-0.2, 0) is 9.53 Å². The Labute approximate surface area is 138 Å². The number of aromatic nitrogens is 1. The Morgan fingerprint density at radius 2 is 2.13 bits per heavy atom. The number of pyridine rings is 1. The molecule has 2 aromatic rings. The highest BCUT2D eigenvalue weighted by atomic mass is 32.1. The number of nitrogens with one attached hydrogen (secondary N) is 1. The van der Waals surface area contributed by atoms with Crippen LogP contribution < -0.4 is 11.1 Å². The number of esters is 1. The number of hydrogen-bond acceptors (Lipinski definition) is 6. The second-order valence-corrected chi connectivity index (χ2v) is 6.94. The van der Waals surface area contributed by atoms with Crippen LogP contribution in [0.15, 0.2) is 6.07 Å². The first-order valence-electron chi connectivity index (χ1n) is 7.54. The molecule has 1 aliphatic carbocycles. The minimum Gasteiger partial charge on any atom is -0.448 e. The van der Waals surface area contributed by atoms with E-state index in [0.717, 1.165) is 29.5 Å². The predicted octanol–water partition coefficient (Wildman–Crippen LogP) is 2.32. The summed E-state index contributed by atoms with van der Waals surface area (Å²) in [5.41, 5.74) is 8.31. The summed E-state index contributed by atoms with van der Waals surface area (Å²) in [5, 5.41) is 3.59. The number of nitrogens with two attached hydrogens (primary N) is 1. The molecule has 7 heteroatoms. The summed E-state index contributed by atoms with van der Waals surface area (Å²) in [7, 11) is 0. The largest absolute Gasteiger partial charge is 0.448 e. The first kappa shape index (κ1) is 15.7. The van der Waals surface area contributed by atoms with E-state index in [1.807, 2.05) is 19.9 Å². The summed E-state index contributed by atoms with van der Waals surface area (Å²) in [4.78, 5) is 29.7. The van der Waals surface area contributed by atoms with E-state index in [2.05, 4.69) is 10.3 Å². The minimum absolute atomic E-state index is 0.230. The van der Waals surface area contributed by atoms with Gasteiger partial charge in [-0.05, 0) is 45.2 Å². The molecule has 1 fully saturated rings. The van der Waals surface area contributed by atoms with Crippen molar-refractivity contribution in [3.8, 4) is 0 Å². The number of rotatable bonds is 4. The zero-order valence-electron chi connectivity index (χ0n) is 13.3. The van der Waals surface area contributed by atoms with Crippen LogP contribution in [0.1, 0.15) is 40.7 Å². The maximum atomic E-state index is 12.3. The van der Waals surface area contributed by atoms with Crippen LogP contribution in [0.3, 0.4) is 0 Å². The number of hydrogen-bond donors (Lipinski definition) is 2. The standard InChI is InChI=1S/C16H19N3O3S/c1-7-6-8(2)18-15-11(7)12(17)13(23-15)16(21)22-9(3)14(20)19-10-4-5-10/h6,9-10H,4-5,17H2,1-3H3,(H,19,20). The molecule has 1 unspecified atom stereocenters. The maximum Gasteiger partial charge on any atom is 0.351 e. The lowest BCUT2D eigenvalue weighted by Crippen LogP contribution is -2.37. The van der Waals surface area contributed by atoms with Crippen molar-refractivity contribution < 1.29 is 14.3 Å². The van der Waals surface area contributed by atoms with Gasteiger partial charge < -0.3 is 15.8 Å². The van der Waals surface area contributed by atoms with Crippen molar-refractivity contribution in [2.75, 3.05) is 5.73 Å². The molecular weight excluding hydrogens is 314 g/mol. The highest BCUT2D eigenvalue weighted by Gasteiger charge is 2.28. The molecule has 3 rings (SSSR count). The molecule has 0 aromatic carbocycles. The van der Waals surface area contributed by atoms with Gasteiger partial charge in [-0.25, -0.2) is 9.78 Å². The fourth-order valence-electron chi connectivity index (χ4n) is 2.43.